The average molecular weight is 377 g/mol. The van der Waals surface area contributed by atoms with Gasteiger partial charge in [-0.3, -0.25) is 4.79 Å². The standard InChI is InChI=1S/C21H20FN5O/c22-15-4-3-5-17(14-15)23-20-11-10-19(25-26-20)21(28)24-16-6-8-18(9-7-16)27-12-1-2-13-27/h3-11,14H,1-2,12-13H2,(H,23,26)(H,24,28). The number of aromatic nitrogens is 2. The van der Waals surface area contributed by atoms with E-state index in [2.05, 4.69) is 25.7 Å². The van der Waals surface area contributed by atoms with Crippen molar-refractivity contribution in [3.8, 4) is 0 Å². The van der Waals surface area contributed by atoms with Crippen molar-refractivity contribution in [2.45, 2.75) is 12.8 Å². The minimum absolute atomic E-state index is 0.202. The average Bonchev–Trinajstić information content (AvgIpc) is 3.24. The third-order valence-electron chi connectivity index (χ3n) is 4.59. The monoisotopic (exact) mass is 377 g/mol. The maximum absolute atomic E-state index is 13.2. The summed E-state index contributed by atoms with van der Waals surface area (Å²) in [6.07, 6.45) is 2.45. The van der Waals surface area contributed by atoms with Crippen LogP contribution < -0.4 is 15.5 Å². The number of anilines is 4. The molecule has 2 aromatic carbocycles. The predicted molar refractivity (Wildman–Crippen MR) is 108 cm³/mol. The van der Waals surface area contributed by atoms with Crippen molar-refractivity contribution in [1.82, 2.24) is 10.2 Å². The number of carbonyl (C=O) groups excluding carboxylic acids is 1. The van der Waals surface area contributed by atoms with E-state index in [4.69, 9.17) is 0 Å². The van der Waals surface area contributed by atoms with Crippen molar-refractivity contribution < 1.29 is 9.18 Å². The largest absolute Gasteiger partial charge is 0.372 e. The first-order valence-electron chi connectivity index (χ1n) is 9.20. The van der Waals surface area contributed by atoms with Crippen LogP contribution in [-0.4, -0.2) is 29.2 Å². The first-order valence-corrected chi connectivity index (χ1v) is 9.20. The first kappa shape index (κ1) is 17.9. The number of benzene rings is 2. The van der Waals surface area contributed by atoms with Crippen molar-refractivity contribution in [2.24, 2.45) is 0 Å². The summed E-state index contributed by atoms with van der Waals surface area (Å²) in [4.78, 5) is 14.7. The summed E-state index contributed by atoms with van der Waals surface area (Å²) in [5, 5.41) is 13.7. The molecule has 0 saturated carbocycles. The molecule has 1 aliphatic rings. The molecule has 0 radical (unpaired) electrons. The van der Waals surface area contributed by atoms with Gasteiger partial charge in [-0.15, -0.1) is 10.2 Å². The molecule has 4 rings (SSSR count). The van der Waals surface area contributed by atoms with Crippen LogP contribution in [-0.2, 0) is 0 Å². The van der Waals surface area contributed by atoms with E-state index in [1.54, 1.807) is 24.3 Å². The Balaban J connectivity index is 1.38. The van der Waals surface area contributed by atoms with Gasteiger partial charge in [0.2, 0.25) is 0 Å². The van der Waals surface area contributed by atoms with Crippen molar-refractivity contribution in [3.05, 3.63) is 72.2 Å². The topological polar surface area (TPSA) is 70.2 Å². The molecule has 0 atom stereocenters. The summed E-state index contributed by atoms with van der Waals surface area (Å²) in [7, 11) is 0. The summed E-state index contributed by atoms with van der Waals surface area (Å²) >= 11 is 0. The third kappa shape index (κ3) is 4.25. The Morgan fingerprint density at radius 2 is 1.71 bits per heavy atom. The van der Waals surface area contributed by atoms with Gasteiger partial charge in [0, 0.05) is 30.2 Å². The van der Waals surface area contributed by atoms with Crippen LogP contribution in [0.15, 0.2) is 60.7 Å². The Morgan fingerprint density at radius 3 is 2.39 bits per heavy atom. The highest BCUT2D eigenvalue weighted by Gasteiger charge is 2.13. The molecule has 0 unspecified atom stereocenters. The molecule has 7 heteroatoms. The smallest absolute Gasteiger partial charge is 0.276 e. The highest BCUT2D eigenvalue weighted by Crippen LogP contribution is 2.22. The van der Waals surface area contributed by atoms with Crippen molar-refractivity contribution >= 4 is 28.8 Å². The van der Waals surface area contributed by atoms with E-state index in [-0.39, 0.29) is 17.4 Å². The maximum atomic E-state index is 13.2. The number of nitrogens with zero attached hydrogens (tertiary/aromatic N) is 3. The van der Waals surface area contributed by atoms with Gasteiger partial charge in [0.1, 0.15) is 5.82 Å². The SMILES string of the molecule is O=C(Nc1ccc(N2CCCC2)cc1)c1ccc(Nc2cccc(F)c2)nn1. The first-order chi connectivity index (χ1) is 13.7. The zero-order valence-electron chi connectivity index (χ0n) is 15.2. The molecule has 0 aliphatic carbocycles. The summed E-state index contributed by atoms with van der Waals surface area (Å²) in [5.74, 6) is -0.249. The van der Waals surface area contributed by atoms with Crippen LogP contribution in [0, 0.1) is 5.82 Å². The number of hydrogen-bond donors (Lipinski definition) is 2. The summed E-state index contributed by atoms with van der Waals surface area (Å²) < 4.78 is 13.2. The predicted octanol–water partition coefficient (Wildman–Crippen LogP) is 4.21. The number of halogens is 1. The van der Waals surface area contributed by atoms with E-state index in [1.165, 1.54) is 30.7 Å². The van der Waals surface area contributed by atoms with Gasteiger partial charge < -0.3 is 15.5 Å². The molecule has 1 aliphatic heterocycles. The quantitative estimate of drug-likeness (QED) is 0.697. The Bertz CT molecular complexity index is 953. The minimum Gasteiger partial charge on any atom is -0.372 e. The van der Waals surface area contributed by atoms with Crippen LogP contribution in [0.3, 0.4) is 0 Å². The Morgan fingerprint density at radius 1 is 0.929 bits per heavy atom. The minimum atomic E-state index is -0.343. The van der Waals surface area contributed by atoms with Gasteiger partial charge in [-0.25, -0.2) is 4.39 Å². The molecule has 0 spiro atoms. The summed E-state index contributed by atoms with van der Waals surface area (Å²) in [6, 6.07) is 17.0. The van der Waals surface area contributed by atoms with Gasteiger partial charge in [0.25, 0.3) is 5.91 Å². The fraction of sp³-hybridized carbons (Fsp3) is 0.190. The van der Waals surface area contributed by atoms with Gasteiger partial charge in [-0.05, 0) is 67.4 Å². The lowest BCUT2D eigenvalue weighted by molar-refractivity contribution is 0.102. The zero-order chi connectivity index (χ0) is 19.3. The van der Waals surface area contributed by atoms with E-state index in [0.29, 0.717) is 17.2 Å². The summed E-state index contributed by atoms with van der Waals surface area (Å²) in [5.41, 5.74) is 2.64. The lowest BCUT2D eigenvalue weighted by Gasteiger charge is -2.17. The fourth-order valence-corrected chi connectivity index (χ4v) is 3.16. The van der Waals surface area contributed by atoms with Gasteiger partial charge in [0.15, 0.2) is 11.5 Å². The van der Waals surface area contributed by atoms with Crippen LogP contribution >= 0.6 is 0 Å². The highest BCUT2D eigenvalue weighted by molar-refractivity contribution is 6.02. The molecule has 28 heavy (non-hydrogen) atoms. The Labute approximate surface area is 162 Å². The molecule has 1 fully saturated rings. The van der Waals surface area contributed by atoms with E-state index in [0.717, 1.165) is 13.1 Å². The molecule has 0 bridgehead atoms. The zero-order valence-corrected chi connectivity index (χ0v) is 15.2. The maximum Gasteiger partial charge on any atom is 0.276 e. The van der Waals surface area contributed by atoms with Gasteiger partial charge in [-0.1, -0.05) is 6.07 Å². The highest BCUT2D eigenvalue weighted by atomic mass is 19.1. The molecule has 3 aromatic rings. The second-order valence-corrected chi connectivity index (χ2v) is 6.63. The second kappa shape index (κ2) is 8.04. The lowest BCUT2D eigenvalue weighted by atomic mass is 10.2. The molecule has 1 amide bonds. The van der Waals surface area contributed by atoms with E-state index in [1.807, 2.05) is 24.3 Å². The van der Waals surface area contributed by atoms with Crippen molar-refractivity contribution in [2.75, 3.05) is 28.6 Å². The normalized spacial score (nSPS) is 13.4. The molecular weight excluding hydrogens is 357 g/mol. The Kier molecular flexibility index (Phi) is 5.14. The van der Waals surface area contributed by atoms with Gasteiger partial charge in [-0.2, -0.15) is 0 Å². The van der Waals surface area contributed by atoms with Crippen LogP contribution in [0.4, 0.5) is 27.3 Å². The third-order valence-corrected chi connectivity index (χ3v) is 4.59. The van der Waals surface area contributed by atoms with Crippen LogP contribution in [0.25, 0.3) is 0 Å². The molecular formula is C21H20FN5O. The summed E-state index contributed by atoms with van der Waals surface area (Å²) in [6.45, 7) is 2.16. The molecule has 2 N–H and O–H groups in total. The van der Waals surface area contributed by atoms with Crippen molar-refractivity contribution in [1.29, 1.82) is 0 Å². The van der Waals surface area contributed by atoms with Crippen LogP contribution in [0.2, 0.25) is 0 Å². The molecule has 2 heterocycles. The van der Waals surface area contributed by atoms with Crippen LogP contribution in [0.1, 0.15) is 23.3 Å². The number of rotatable bonds is 5. The second-order valence-electron chi connectivity index (χ2n) is 6.63. The van der Waals surface area contributed by atoms with E-state index >= 15 is 0 Å². The number of carbonyl (C=O) groups is 1. The fourth-order valence-electron chi connectivity index (χ4n) is 3.16. The number of nitrogens with one attached hydrogen (secondary N) is 2. The molecule has 6 nitrogen and oxygen atoms in total. The molecule has 1 aromatic heterocycles. The number of hydrogen-bond acceptors (Lipinski definition) is 5. The van der Waals surface area contributed by atoms with Crippen molar-refractivity contribution in [3.63, 3.8) is 0 Å². The van der Waals surface area contributed by atoms with E-state index < -0.39 is 0 Å². The van der Waals surface area contributed by atoms with Crippen LogP contribution in [0.5, 0.6) is 0 Å². The molecule has 1 saturated heterocycles. The lowest BCUT2D eigenvalue weighted by Crippen LogP contribution is -2.18. The van der Waals surface area contributed by atoms with Gasteiger partial charge in [0.05, 0.1) is 0 Å². The van der Waals surface area contributed by atoms with E-state index in [9.17, 15) is 9.18 Å². The van der Waals surface area contributed by atoms with Gasteiger partial charge >= 0.3 is 0 Å². The number of amides is 1. The molecule has 142 valence electrons. The Hall–Kier alpha value is -3.48.